The number of halogens is 1. The number of hydrogen-bond donors (Lipinski definition) is 2. The number of rotatable bonds is 3. The number of nitrogens with one attached hydrogen (secondary N) is 1. The quantitative estimate of drug-likeness (QED) is 0.845. The van der Waals surface area contributed by atoms with Crippen LogP contribution in [0, 0.1) is 12.7 Å². The first-order valence-corrected chi connectivity index (χ1v) is 5.85. The highest BCUT2D eigenvalue weighted by Crippen LogP contribution is 2.17. The molecule has 1 fully saturated rings. The van der Waals surface area contributed by atoms with Gasteiger partial charge in [-0.05, 0) is 19.1 Å². The van der Waals surface area contributed by atoms with Crippen LogP contribution in [-0.4, -0.2) is 36.4 Å². The van der Waals surface area contributed by atoms with Crippen molar-refractivity contribution in [3.05, 3.63) is 35.1 Å². The fourth-order valence-electron chi connectivity index (χ4n) is 1.89. The molecule has 1 aromatic carbocycles. The third-order valence-corrected chi connectivity index (χ3v) is 3.03. The average molecular weight is 253 g/mol. The molecule has 1 aliphatic rings. The molecule has 0 aliphatic carbocycles. The van der Waals surface area contributed by atoms with Crippen LogP contribution in [0.1, 0.15) is 22.3 Å². The Balaban J connectivity index is 2.01. The summed E-state index contributed by atoms with van der Waals surface area (Å²) < 4.78 is 18.5. The molecule has 98 valence electrons. The standard InChI is InChI=1S/C13H16FNO3/c1-9-2-3-11(14)10(6-9)12(16)15-7-13(17)4-5-18-8-13/h2-3,6,17H,4-5,7-8H2,1H3,(H,15,16). The van der Waals surface area contributed by atoms with Crippen molar-refractivity contribution in [2.45, 2.75) is 18.9 Å². The van der Waals surface area contributed by atoms with Crippen LogP contribution in [0.2, 0.25) is 0 Å². The molecule has 1 unspecified atom stereocenters. The summed E-state index contributed by atoms with van der Waals surface area (Å²) in [5.41, 5.74) is -0.224. The molecule has 0 saturated carbocycles. The smallest absolute Gasteiger partial charge is 0.254 e. The molecule has 18 heavy (non-hydrogen) atoms. The average Bonchev–Trinajstić information content (AvgIpc) is 2.77. The van der Waals surface area contributed by atoms with Crippen molar-refractivity contribution in [3.63, 3.8) is 0 Å². The lowest BCUT2D eigenvalue weighted by Crippen LogP contribution is -2.43. The van der Waals surface area contributed by atoms with Crippen LogP contribution in [0.15, 0.2) is 18.2 Å². The van der Waals surface area contributed by atoms with Gasteiger partial charge in [0.25, 0.3) is 5.91 Å². The first-order chi connectivity index (χ1) is 8.50. The largest absolute Gasteiger partial charge is 0.386 e. The first kappa shape index (κ1) is 13.0. The summed E-state index contributed by atoms with van der Waals surface area (Å²) in [5.74, 6) is -1.08. The van der Waals surface area contributed by atoms with E-state index in [1.54, 1.807) is 13.0 Å². The molecule has 1 amide bonds. The maximum Gasteiger partial charge on any atom is 0.254 e. The van der Waals surface area contributed by atoms with Gasteiger partial charge >= 0.3 is 0 Å². The van der Waals surface area contributed by atoms with Crippen molar-refractivity contribution in [2.24, 2.45) is 0 Å². The molecule has 1 saturated heterocycles. The van der Waals surface area contributed by atoms with Crippen molar-refractivity contribution < 1.29 is 19.0 Å². The Hall–Kier alpha value is -1.46. The third kappa shape index (κ3) is 2.86. The zero-order chi connectivity index (χ0) is 13.2. The summed E-state index contributed by atoms with van der Waals surface area (Å²) >= 11 is 0. The van der Waals surface area contributed by atoms with Gasteiger partial charge in [-0.25, -0.2) is 4.39 Å². The Morgan fingerprint density at radius 1 is 1.61 bits per heavy atom. The SMILES string of the molecule is Cc1ccc(F)c(C(=O)NCC2(O)CCOC2)c1. The van der Waals surface area contributed by atoms with Crippen molar-refractivity contribution >= 4 is 5.91 Å². The number of carbonyl (C=O) groups excluding carboxylic acids is 1. The topological polar surface area (TPSA) is 58.6 Å². The van der Waals surface area contributed by atoms with Gasteiger partial charge in [-0.1, -0.05) is 11.6 Å². The number of ether oxygens (including phenoxy) is 1. The number of aliphatic hydroxyl groups is 1. The highest BCUT2D eigenvalue weighted by molar-refractivity contribution is 5.94. The molecule has 0 radical (unpaired) electrons. The number of hydrogen-bond acceptors (Lipinski definition) is 3. The van der Waals surface area contributed by atoms with E-state index in [1.807, 2.05) is 0 Å². The van der Waals surface area contributed by atoms with Crippen LogP contribution in [-0.2, 0) is 4.74 Å². The molecule has 2 N–H and O–H groups in total. The number of amides is 1. The Kier molecular flexibility index (Phi) is 3.63. The summed E-state index contributed by atoms with van der Waals surface area (Å²) in [5, 5.41) is 12.5. The van der Waals surface area contributed by atoms with E-state index in [0.29, 0.717) is 13.0 Å². The molecule has 5 heteroatoms. The van der Waals surface area contributed by atoms with Crippen molar-refractivity contribution in [1.29, 1.82) is 0 Å². The van der Waals surface area contributed by atoms with Gasteiger partial charge < -0.3 is 15.2 Å². The van der Waals surface area contributed by atoms with Gasteiger partial charge in [0.2, 0.25) is 0 Å². The molecule has 1 aromatic rings. The maximum absolute atomic E-state index is 13.5. The number of aryl methyl sites for hydroxylation is 1. The van der Waals surface area contributed by atoms with Crippen molar-refractivity contribution in [2.75, 3.05) is 19.8 Å². The van der Waals surface area contributed by atoms with Gasteiger partial charge in [-0.2, -0.15) is 0 Å². The second kappa shape index (κ2) is 5.04. The van der Waals surface area contributed by atoms with E-state index in [0.717, 1.165) is 5.56 Å². The highest BCUT2D eigenvalue weighted by atomic mass is 19.1. The predicted molar refractivity (Wildman–Crippen MR) is 63.9 cm³/mol. The van der Waals surface area contributed by atoms with Gasteiger partial charge in [-0.3, -0.25) is 4.79 Å². The summed E-state index contributed by atoms with van der Waals surface area (Å²) in [6, 6.07) is 4.35. The van der Waals surface area contributed by atoms with E-state index in [4.69, 9.17) is 4.74 Å². The van der Waals surface area contributed by atoms with Crippen LogP contribution in [0.25, 0.3) is 0 Å². The van der Waals surface area contributed by atoms with Crippen molar-refractivity contribution in [3.8, 4) is 0 Å². The van der Waals surface area contributed by atoms with Gasteiger partial charge in [0, 0.05) is 19.6 Å². The minimum atomic E-state index is -1.03. The Labute approximate surface area is 105 Å². The minimum Gasteiger partial charge on any atom is -0.386 e. The zero-order valence-corrected chi connectivity index (χ0v) is 10.2. The fourth-order valence-corrected chi connectivity index (χ4v) is 1.89. The molecule has 1 aliphatic heterocycles. The predicted octanol–water partition coefficient (Wildman–Crippen LogP) is 1.02. The summed E-state index contributed by atoms with van der Waals surface area (Å²) in [6.07, 6.45) is 0.476. The third-order valence-electron chi connectivity index (χ3n) is 3.03. The van der Waals surface area contributed by atoms with Crippen LogP contribution in [0.3, 0.4) is 0 Å². The Bertz CT molecular complexity index is 456. The minimum absolute atomic E-state index is 0.00230. The lowest BCUT2D eigenvalue weighted by atomic mass is 10.0. The monoisotopic (exact) mass is 253 g/mol. The summed E-state index contributed by atoms with van der Waals surface area (Å²) in [4.78, 5) is 11.8. The lowest BCUT2D eigenvalue weighted by Gasteiger charge is -2.20. The molecular weight excluding hydrogens is 237 g/mol. The van der Waals surface area contributed by atoms with E-state index in [1.165, 1.54) is 12.1 Å². The second-order valence-corrected chi connectivity index (χ2v) is 4.69. The number of benzene rings is 1. The molecule has 1 atom stereocenters. The maximum atomic E-state index is 13.5. The molecule has 0 bridgehead atoms. The summed E-state index contributed by atoms with van der Waals surface area (Å²) in [7, 11) is 0. The zero-order valence-electron chi connectivity index (χ0n) is 10.2. The normalized spacial score (nSPS) is 23.1. The first-order valence-electron chi connectivity index (χ1n) is 5.85. The van der Waals surface area contributed by atoms with Gasteiger partial charge in [0.05, 0.1) is 12.2 Å². The van der Waals surface area contributed by atoms with Crippen LogP contribution < -0.4 is 5.32 Å². The van der Waals surface area contributed by atoms with E-state index in [9.17, 15) is 14.3 Å². The van der Waals surface area contributed by atoms with Crippen molar-refractivity contribution in [1.82, 2.24) is 5.32 Å². The molecule has 4 nitrogen and oxygen atoms in total. The lowest BCUT2D eigenvalue weighted by molar-refractivity contribution is 0.0264. The second-order valence-electron chi connectivity index (χ2n) is 4.69. The summed E-state index contributed by atoms with van der Waals surface area (Å²) in [6.45, 7) is 2.53. The van der Waals surface area contributed by atoms with Crippen LogP contribution in [0.4, 0.5) is 4.39 Å². The van der Waals surface area contributed by atoms with Gasteiger partial charge in [-0.15, -0.1) is 0 Å². The van der Waals surface area contributed by atoms with Crippen LogP contribution in [0.5, 0.6) is 0 Å². The van der Waals surface area contributed by atoms with E-state index in [-0.39, 0.29) is 18.7 Å². The molecule has 2 rings (SSSR count). The fraction of sp³-hybridized carbons (Fsp3) is 0.462. The molecule has 1 heterocycles. The van der Waals surface area contributed by atoms with Gasteiger partial charge in [0.15, 0.2) is 0 Å². The van der Waals surface area contributed by atoms with E-state index >= 15 is 0 Å². The van der Waals surface area contributed by atoms with E-state index < -0.39 is 17.3 Å². The molecular formula is C13H16FNO3. The van der Waals surface area contributed by atoms with E-state index in [2.05, 4.69) is 5.32 Å². The Morgan fingerprint density at radius 3 is 3.06 bits per heavy atom. The Morgan fingerprint density at radius 2 is 2.39 bits per heavy atom. The number of carbonyl (C=O) groups is 1. The molecule has 0 spiro atoms. The van der Waals surface area contributed by atoms with Crippen LogP contribution >= 0.6 is 0 Å². The van der Waals surface area contributed by atoms with Gasteiger partial charge in [0.1, 0.15) is 11.4 Å². The highest BCUT2D eigenvalue weighted by Gasteiger charge is 2.32. The molecule has 0 aromatic heterocycles.